The molecule has 1 fully saturated rings. The molecule has 5 aromatic rings. The van der Waals surface area contributed by atoms with Gasteiger partial charge in [-0.3, -0.25) is 28.9 Å². The molecule has 1 aliphatic rings. The molecule has 2 aromatic carbocycles. The number of rotatable bonds is 7. The first-order chi connectivity index (χ1) is 23.3. The molecule has 0 bridgehead atoms. The SMILES string of the molecule is CC(=O)C(Cc1ccc(-n2c(=O)c3cnccc3n(C)c2=O)c2ncccc12)NC(=O)c1c(C)cc(N2CCOCC2C(F)(F)F)cc1F. The van der Waals surface area contributed by atoms with Crippen LogP contribution >= 0.6 is 0 Å². The second-order valence-electron chi connectivity index (χ2n) is 11.8. The topological polar surface area (TPSA) is 128 Å². The van der Waals surface area contributed by atoms with Crippen molar-refractivity contribution >= 4 is 39.2 Å². The van der Waals surface area contributed by atoms with Crippen LogP contribution in [0.4, 0.5) is 23.2 Å². The number of morpholine rings is 1. The molecule has 49 heavy (non-hydrogen) atoms. The third-order valence-electron chi connectivity index (χ3n) is 8.71. The number of nitrogens with one attached hydrogen (secondary N) is 1. The van der Waals surface area contributed by atoms with Gasteiger partial charge in [0.1, 0.15) is 11.9 Å². The zero-order chi connectivity index (χ0) is 35.2. The van der Waals surface area contributed by atoms with Gasteiger partial charge in [-0.1, -0.05) is 12.1 Å². The van der Waals surface area contributed by atoms with E-state index >= 15 is 4.39 Å². The minimum atomic E-state index is -4.62. The van der Waals surface area contributed by atoms with Gasteiger partial charge in [-0.05, 0) is 55.3 Å². The van der Waals surface area contributed by atoms with Crippen LogP contribution in [0.1, 0.15) is 28.4 Å². The zero-order valence-corrected chi connectivity index (χ0v) is 26.5. The molecule has 0 saturated carbocycles. The van der Waals surface area contributed by atoms with E-state index in [-0.39, 0.29) is 47.4 Å². The number of nitrogens with zero attached hydrogens (tertiary/aromatic N) is 5. The number of aryl methyl sites for hydroxylation is 2. The van der Waals surface area contributed by atoms with Gasteiger partial charge < -0.3 is 15.0 Å². The van der Waals surface area contributed by atoms with Crippen LogP contribution in [0.3, 0.4) is 0 Å². The van der Waals surface area contributed by atoms with E-state index in [1.807, 2.05) is 0 Å². The van der Waals surface area contributed by atoms with Crippen molar-refractivity contribution in [2.24, 2.45) is 7.05 Å². The highest BCUT2D eigenvalue weighted by atomic mass is 19.4. The van der Waals surface area contributed by atoms with E-state index < -0.39 is 59.2 Å². The van der Waals surface area contributed by atoms with E-state index in [2.05, 4.69) is 15.3 Å². The molecular weight excluding hydrogens is 648 g/mol. The lowest BCUT2D eigenvalue weighted by Gasteiger charge is -2.38. The average Bonchev–Trinajstić information content (AvgIpc) is 3.07. The van der Waals surface area contributed by atoms with Gasteiger partial charge in [0, 0.05) is 49.7 Å². The third-order valence-corrected chi connectivity index (χ3v) is 8.71. The van der Waals surface area contributed by atoms with Crippen LogP contribution < -0.4 is 21.5 Å². The van der Waals surface area contributed by atoms with Crippen LogP contribution in [0.15, 0.2) is 70.6 Å². The van der Waals surface area contributed by atoms with Crippen molar-refractivity contribution in [3.63, 3.8) is 0 Å². The van der Waals surface area contributed by atoms with Crippen LogP contribution in [0.25, 0.3) is 27.5 Å². The molecule has 11 nitrogen and oxygen atoms in total. The molecule has 254 valence electrons. The minimum absolute atomic E-state index is 0.0219. The number of amides is 1. The maximum Gasteiger partial charge on any atom is 0.411 e. The Bertz CT molecular complexity index is 2230. The lowest BCUT2D eigenvalue weighted by atomic mass is 9.97. The van der Waals surface area contributed by atoms with Gasteiger partial charge in [-0.2, -0.15) is 13.2 Å². The summed E-state index contributed by atoms with van der Waals surface area (Å²) in [4.78, 5) is 62.5. The fraction of sp³-hybridized carbons (Fsp3) is 0.294. The fourth-order valence-corrected chi connectivity index (χ4v) is 6.20. The predicted molar refractivity (Wildman–Crippen MR) is 173 cm³/mol. The van der Waals surface area contributed by atoms with Gasteiger partial charge in [-0.15, -0.1) is 0 Å². The number of ketones is 1. The van der Waals surface area contributed by atoms with E-state index in [1.165, 1.54) is 56.2 Å². The summed E-state index contributed by atoms with van der Waals surface area (Å²) in [6, 6.07) is 7.10. The molecule has 4 heterocycles. The molecule has 6 rings (SSSR count). The summed E-state index contributed by atoms with van der Waals surface area (Å²) in [5, 5.41) is 3.29. The van der Waals surface area contributed by atoms with Crippen molar-refractivity contribution in [1.82, 2.24) is 24.4 Å². The molecule has 2 atom stereocenters. The van der Waals surface area contributed by atoms with Crippen molar-refractivity contribution in [2.45, 2.75) is 38.5 Å². The van der Waals surface area contributed by atoms with E-state index in [1.54, 1.807) is 24.3 Å². The van der Waals surface area contributed by atoms with Crippen molar-refractivity contribution in [3.8, 4) is 5.69 Å². The van der Waals surface area contributed by atoms with E-state index in [4.69, 9.17) is 4.74 Å². The van der Waals surface area contributed by atoms with Crippen LogP contribution in [0.5, 0.6) is 0 Å². The smallest absolute Gasteiger partial charge is 0.377 e. The van der Waals surface area contributed by atoms with E-state index in [0.717, 1.165) is 15.5 Å². The zero-order valence-electron chi connectivity index (χ0n) is 26.5. The van der Waals surface area contributed by atoms with Crippen molar-refractivity contribution in [2.75, 3.05) is 24.7 Å². The van der Waals surface area contributed by atoms with Crippen molar-refractivity contribution in [1.29, 1.82) is 0 Å². The molecule has 1 amide bonds. The molecule has 2 unspecified atom stereocenters. The summed E-state index contributed by atoms with van der Waals surface area (Å²) in [7, 11) is 1.53. The van der Waals surface area contributed by atoms with Crippen LogP contribution in [-0.2, 0) is 23.0 Å². The standard InChI is InChI=1S/C34H30F4N6O5/c1-18-13-21(43-11-12-49-17-28(43)34(36,37)38)15-24(35)29(18)31(46)41-25(19(2)45)14-20-6-7-27(30-22(20)5-4-9-40-30)44-32(47)23-16-39-10-8-26(23)42(3)33(44)48/h4-10,13,15-16,25,28H,11-12,14,17H2,1-3H3,(H,41,46). The molecule has 1 N–H and O–H groups in total. The predicted octanol–water partition coefficient (Wildman–Crippen LogP) is 3.78. The Morgan fingerprint density at radius 3 is 2.59 bits per heavy atom. The quantitative estimate of drug-likeness (QED) is 0.258. The van der Waals surface area contributed by atoms with Crippen molar-refractivity contribution < 1.29 is 31.9 Å². The second kappa shape index (κ2) is 12.9. The number of halogens is 4. The van der Waals surface area contributed by atoms with Gasteiger partial charge in [0.05, 0.1) is 46.9 Å². The summed E-state index contributed by atoms with van der Waals surface area (Å²) >= 11 is 0. The first kappa shape index (κ1) is 33.5. The van der Waals surface area contributed by atoms with E-state index in [0.29, 0.717) is 16.5 Å². The Morgan fingerprint density at radius 2 is 1.88 bits per heavy atom. The Kier molecular flexibility index (Phi) is 8.79. The summed E-state index contributed by atoms with van der Waals surface area (Å²) in [6.07, 6.45) is -0.341. The molecule has 1 saturated heterocycles. The first-order valence-corrected chi connectivity index (χ1v) is 15.2. The van der Waals surface area contributed by atoms with E-state index in [9.17, 15) is 32.3 Å². The van der Waals surface area contributed by atoms with Crippen LogP contribution in [0.2, 0.25) is 0 Å². The molecule has 15 heteroatoms. The number of Topliss-reactive ketones (excluding diaryl/α,β-unsaturated/α-hetero) is 1. The maximum atomic E-state index is 15.5. The Hall–Kier alpha value is -5.44. The lowest BCUT2D eigenvalue weighted by Crippen LogP contribution is -2.53. The number of hydrogen-bond donors (Lipinski definition) is 1. The highest BCUT2D eigenvalue weighted by Gasteiger charge is 2.45. The van der Waals surface area contributed by atoms with Crippen LogP contribution in [-0.4, -0.2) is 68.8 Å². The number of pyridine rings is 2. The highest BCUT2D eigenvalue weighted by Crippen LogP contribution is 2.33. The number of carbonyl (C=O) groups excluding carboxylic acids is 2. The summed E-state index contributed by atoms with van der Waals surface area (Å²) in [5.74, 6) is -2.41. The molecular formula is C34H30F4N6O5. The summed E-state index contributed by atoms with van der Waals surface area (Å²) < 4.78 is 63.7. The van der Waals surface area contributed by atoms with Gasteiger partial charge in [0.2, 0.25) is 0 Å². The average molecular weight is 679 g/mol. The maximum absolute atomic E-state index is 15.5. The molecule has 1 aliphatic heterocycles. The normalized spacial score (nSPS) is 15.8. The molecule has 3 aromatic heterocycles. The minimum Gasteiger partial charge on any atom is -0.377 e. The van der Waals surface area contributed by atoms with Crippen molar-refractivity contribution in [3.05, 3.63) is 104 Å². The number of fused-ring (bicyclic) bond motifs is 2. The van der Waals surface area contributed by atoms with Gasteiger partial charge in [-0.25, -0.2) is 13.8 Å². The number of carbonyl (C=O) groups is 2. The molecule has 0 spiro atoms. The summed E-state index contributed by atoms with van der Waals surface area (Å²) in [6.45, 7) is 1.96. The Labute approximate surface area is 275 Å². The first-order valence-electron chi connectivity index (χ1n) is 15.2. The fourth-order valence-electron chi connectivity index (χ4n) is 6.20. The highest BCUT2D eigenvalue weighted by molar-refractivity contribution is 5.99. The lowest BCUT2D eigenvalue weighted by molar-refractivity contribution is -0.167. The number of aromatic nitrogens is 4. The summed E-state index contributed by atoms with van der Waals surface area (Å²) in [5.41, 5.74) is -0.141. The van der Waals surface area contributed by atoms with Gasteiger partial charge >= 0.3 is 11.9 Å². The molecule has 0 aliphatic carbocycles. The largest absolute Gasteiger partial charge is 0.411 e. The van der Waals surface area contributed by atoms with Crippen LogP contribution in [0, 0.1) is 12.7 Å². The number of alkyl halides is 3. The number of hydrogen-bond acceptors (Lipinski definition) is 8. The number of benzene rings is 2. The Balaban J connectivity index is 1.32. The molecule has 0 radical (unpaired) electrons. The van der Waals surface area contributed by atoms with Gasteiger partial charge in [0.15, 0.2) is 5.78 Å². The monoisotopic (exact) mass is 678 g/mol. The Morgan fingerprint density at radius 1 is 1.10 bits per heavy atom. The number of ether oxygens (including phenoxy) is 1. The second-order valence-corrected chi connectivity index (χ2v) is 11.8. The van der Waals surface area contributed by atoms with Gasteiger partial charge in [0.25, 0.3) is 11.5 Å². The number of anilines is 1. The third kappa shape index (κ3) is 6.17.